The van der Waals surface area contributed by atoms with E-state index in [-0.39, 0.29) is 12.5 Å². The highest BCUT2D eigenvalue weighted by molar-refractivity contribution is 6.02. The van der Waals surface area contributed by atoms with Crippen LogP contribution in [0, 0.1) is 0 Å². The quantitative estimate of drug-likeness (QED) is 0.424. The zero-order chi connectivity index (χ0) is 21.1. The smallest absolute Gasteiger partial charge is 0.331 e. The summed E-state index contributed by atoms with van der Waals surface area (Å²) >= 11 is 0. The van der Waals surface area contributed by atoms with Crippen LogP contribution in [0.15, 0.2) is 30.3 Å². The number of ether oxygens (including phenoxy) is 1. The van der Waals surface area contributed by atoms with Crippen molar-refractivity contribution in [2.45, 2.75) is 18.1 Å². The summed E-state index contributed by atoms with van der Waals surface area (Å²) in [5.41, 5.74) is 0.452. The zero-order valence-electron chi connectivity index (χ0n) is 15.9. The molecule has 0 spiro atoms. The molecule has 3 unspecified atom stereocenters. The van der Waals surface area contributed by atoms with Crippen molar-refractivity contribution in [3.05, 3.63) is 35.9 Å². The Kier molecular flexibility index (Phi) is 5.66. The van der Waals surface area contributed by atoms with Crippen LogP contribution in [0.4, 0.5) is 9.59 Å². The molecular weight excluding hydrogens is 382 g/mol. The molecule has 11 nitrogen and oxygen atoms in total. The minimum Gasteiger partial charge on any atom is -0.467 e. The van der Waals surface area contributed by atoms with Crippen LogP contribution in [0.1, 0.15) is 11.6 Å². The largest absolute Gasteiger partial charge is 0.467 e. The number of imide groups is 1. The van der Waals surface area contributed by atoms with Crippen molar-refractivity contribution in [3.8, 4) is 0 Å². The number of hydrogen-bond donors (Lipinski definition) is 3. The molecule has 0 aliphatic carbocycles. The third-order valence-corrected chi connectivity index (χ3v) is 4.76. The van der Waals surface area contributed by atoms with Crippen LogP contribution in [-0.4, -0.2) is 79.0 Å². The van der Waals surface area contributed by atoms with E-state index >= 15 is 0 Å². The monoisotopic (exact) mass is 403 g/mol. The zero-order valence-corrected chi connectivity index (χ0v) is 15.9. The standard InChI is InChI=1S/C18H21N5O6/c1-22-9-12(16(26)29-2)23(18(22)28)17(27)21-13(10-6-4-3-5-7-10)15(25)20-11-8-19-14(11)24/h3-7,11-13H,8-9H2,1-2H3,(H,19,24)(H,20,25)(H,21,27). The molecule has 6 amide bonds. The highest BCUT2D eigenvalue weighted by atomic mass is 16.5. The van der Waals surface area contributed by atoms with Gasteiger partial charge in [0, 0.05) is 13.6 Å². The lowest BCUT2D eigenvalue weighted by molar-refractivity contribution is -0.144. The normalized spacial score (nSPS) is 21.7. The molecule has 3 N–H and O–H groups in total. The Morgan fingerprint density at radius 3 is 2.45 bits per heavy atom. The maximum Gasteiger partial charge on any atom is 0.331 e. The summed E-state index contributed by atoms with van der Waals surface area (Å²) in [6.45, 7) is 0.267. The van der Waals surface area contributed by atoms with Gasteiger partial charge in [0.05, 0.1) is 13.7 Å². The number of β-lactam (4-membered cyclic amide) rings is 1. The lowest BCUT2D eigenvalue weighted by Gasteiger charge is -2.29. The van der Waals surface area contributed by atoms with Crippen LogP contribution in [0.2, 0.25) is 0 Å². The Hall–Kier alpha value is -3.63. The first-order chi connectivity index (χ1) is 13.8. The van der Waals surface area contributed by atoms with Gasteiger partial charge in [-0.1, -0.05) is 30.3 Å². The molecular formula is C18H21N5O6. The van der Waals surface area contributed by atoms with Crippen molar-refractivity contribution in [1.82, 2.24) is 25.8 Å². The van der Waals surface area contributed by atoms with Gasteiger partial charge in [-0.3, -0.25) is 9.59 Å². The second kappa shape index (κ2) is 8.17. The summed E-state index contributed by atoms with van der Waals surface area (Å²) in [5.74, 6) is -1.68. The minimum absolute atomic E-state index is 0.0244. The van der Waals surface area contributed by atoms with E-state index in [0.29, 0.717) is 12.1 Å². The first-order valence-electron chi connectivity index (χ1n) is 8.89. The number of methoxy groups -OCH3 is 1. The number of hydrogen-bond acceptors (Lipinski definition) is 6. The van der Waals surface area contributed by atoms with Gasteiger partial charge < -0.3 is 25.6 Å². The molecule has 1 aromatic carbocycles. The number of esters is 1. The molecule has 2 saturated heterocycles. The van der Waals surface area contributed by atoms with Crippen LogP contribution < -0.4 is 16.0 Å². The van der Waals surface area contributed by atoms with E-state index in [1.807, 2.05) is 0 Å². The SMILES string of the molecule is COC(=O)C1CN(C)C(=O)N1C(=O)NC(C(=O)NC1CNC1=O)c1ccccc1. The summed E-state index contributed by atoms with van der Waals surface area (Å²) < 4.78 is 4.67. The van der Waals surface area contributed by atoms with E-state index in [9.17, 15) is 24.0 Å². The molecule has 3 rings (SSSR count). The van der Waals surface area contributed by atoms with Crippen LogP contribution in [0.25, 0.3) is 0 Å². The van der Waals surface area contributed by atoms with Crippen molar-refractivity contribution in [3.63, 3.8) is 0 Å². The Balaban J connectivity index is 1.81. The lowest BCUT2D eigenvalue weighted by atomic mass is 10.0. The molecule has 29 heavy (non-hydrogen) atoms. The number of nitrogens with zero attached hydrogens (tertiary/aromatic N) is 2. The molecule has 2 heterocycles. The molecule has 0 bridgehead atoms. The van der Waals surface area contributed by atoms with Gasteiger partial charge in [-0.2, -0.15) is 0 Å². The van der Waals surface area contributed by atoms with Gasteiger partial charge in [0.2, 0.25) is 11.8 Å². The van der Waals surface area contributed by atoms with Gasteiger partial charge in [0.25, 0.3) is 0 Å². The van der Waals surface area contributed by atoms with Gasteiger partial charge in [-0.05, 0) is 5.56 Å². The van der Waals surface area contributed by atoms with Crippen molar-refractivity contribution >= 4 is 29.8 Å². The van der Waals surface area contributed by atoms with Gasteiger partial charge in [0.1, 0.15) is 12.1 Å². The Bertz CT molecular complexity index is 844. The van der Waals surface area contributed by atoms with Gasteiger partial charge in [0.15, 0.2) is 6.04 Å². The minimum atomic E-state index is -1.17. The predicted molar refractivity (Wildman–Crippen MR) is 98.3 cm³/mol. The maximum atomic E-state index is 12.9. The average molecular weight is 403 g/mol. The summed E-state index contributed by atoms with van der Waals surface area (Å²) in [7, 11) is 2.60. The molecule has 0 aromatic heterocycles. The van der Waals surface area contributed by atoms with E-state index in [1.54, 1.807) is 30.3 Å². The fourth-order valence-electron chi connectivity index (χ4n) is 3.08. The molecule has 3 atom stereocenters. The Morgan fingerprint density at radius 2 is 1.90 bits per heavy atom. The number of benzene rings is 1. The summed E-state index contributed by atoms with van der Waals surface area (Å²) in [6.07, 6.45) is 0. The topological polar surface area (TPSA) is 137 Å². The number of rotatable bonds is 5. The molecule has 1 aromatic rings. The summed E-state index contributed by atoms with van der Waals surface area (Å²) in [4.78, 5) is 63.4. The third-order valence-electron chi connectivity index (χ3n) is 4.76. The maximum absolute atomic E-state index is 12.9. The molecule has 2 aliphatic heterocycles. The number of amides is 6. The Morgan fingerprint density at radius 1 is 1.21 bits per heavy atom. The first kappa shape index (κ1) is 20.1. The van der Waals surface area contributed by atoms with E-state index in [4.69, 9.17) is 0 Å². The van der Waals surface area contributed by atoms with Gasteiger partial charge in [-0.15, -0.1) is 0 Å². The van der Waals surface area contributed by atoms with Gasteiger partial charge >= 0.3 is 18.0 Å². The lowest BCUT2D eigenvalue weighted by Crippen LogP contribution is -2.63. The van der Waals surface area contributed by atoms with Crippen LogP contribution in [0.3, 0.4) is 0 Å². The molecule has 154 valence electrons. The average Bonchev–Trinajstić information content (AvgIpc) is 3.03. The summed E-state index contributed by atoms with van der Waals surface area (Å²) in [5, 5.41) is 7.56. The van der Waals surface area contributed by atoms with Crippen molar-refractivity contribution in [1.29, 1.82) is 0 Å². The van der Waals surface area contributed by atoms with E-state index in [2.05, 4.69) is 20.7 Å². The van der Waals surface area contributed by atoms with Crippen LogP contribution >= 0.6 is 0 Å². The number of carbonyl (C=O) groups is 5. The van der Waals surface area contributed by atoms with Crippen molar-refractivity contribution < 1.29 is 28.7 Å². The number of likely N-dealkylation sites (N-methyl/N-ethyl adjacent to an activating group) is 1. The molecule has 11 heteroatoms. The fraction of sp³-hybridized carbons (Fsp3) is 0.389. The number of carbonyl (C=O) groups excluding carboxylic acids is 5. The van der Waals surface area contributed by atoms with Crippen LogP contribution in [-0.2, 0) is 19.1 Å². The number of nitrogens with one attached hydrogen (secondary N) is 3. The highest BCUT2D eigenvalue weighted by Crippen LogP contribution is 2.19. The highest BCUT2D eigenvalue weighted by Gasteiger charge is 2.45. The van der Waals surface area contributed by atoms with E-state index in [0.717, 1.165) is 12.0 Å². The van der Waals surface area contributed by atoms with E-state index < -0.39 is 42.1 Å². The fourth-order valence-corrected chi connectivity index (χ4v) is 3.08. The first-order valence-corrected chi connectivity index (χ1v) is 8.89. The number of urea groups is 2. The van der Waals surface area contributed by atoms with Crippen molar-refractivity contribution in [2.24, 2.45) is 0 Å². The predicted octanol–water partition coefficient (Wildman–Crippen LogP) is -1.04. The second-order valence-electron chi connectivity index (χ2n) is 6.67. The van der Waals surface area contributed by atoms with Gasteiger partial charge in [-0.25, -0.2) is 19.3 Å². The second-order valence-corrected chi connectivity index (χ2v) is 6.67. The Labute approximate surface area is 166 Å². The van der Waals surface area contributed by atoms with Crippen molar-refractivity contribution in [2.75, 3.05) is 27.2 Å². The summed E-state index contributed by atoms with van der Waals surface area (Å²) in [6, 6.07) is 3.76. The van der Waals surface area contributed by atoms with E-state index in [1.165, 1.54) is 11.9 Å². The third kappa shape index (κ3) is 3.98. The molecule has 2 fully saturated rings. The molecule has 2 aliphatic rings. The molecule has 0 radical (unpaired) electrons. The van der Waals surface area contributed by atoms with Crippen LogP contribution in [0.5, 0.6) is 0 Å². The molecule has 0 saturated carbocycles.